The third kappa shape index (κ3) is 7.12. The molecule has 2 aromatic carbocycles. The van der Waals surface area contributed by atoms with E-state index < -0.39 is 30.4 Å². The maximum atomic E-state index is 12.4. The standard InChI is InChI=1S/C22H26N2O6/c1-15(2)21(24-20(26)13-29-16-9-5-4-6-10-16)22(27)30-14-19(25)23-17-11-7-8-12-18(17)28-3/h4-12,15,21H,13-14H2,1-3H3,(H,23,25)(H,24,26)/t21-/m0/s1. The summed E-state index contributed by atoms with van der Waals surface area (Å²) in [5.74, 6) is -0.891. The van der Waals surface area contributed by atoms with Gasteiger partial charge in [-0.3, -0.25) is 9.59 Å². The number of carbonyl (C=O) groups is 3. The molecule has 2 amide bonds. The van der Waals surface area contributed by atoms with Crippen LogP contribution in [-0.2, 0) is 19.1 Å². The zero-order valence-corrected chi connectivity index (χ0v) is 17.2. The van der Waals surface area contributed by atoms with Gasteiger partial charge in [-0.1, -0.05) is 44.2 Å². The van der Waals surface area contributed by atoms with E-state index in [2.05, 4.69) is 10.6 Å². The van der Waals surface area contributed by atoms with Crippen molar-refractivity contribution in [2.45, 2.75) is 19.9 Å². The maximum absolute atomic E-state index is 12.4. The Balaban J connectivity index is 1.84. The molecule has 0 radical (unpaired) electrons. The molecule has 8 heteroatoms. The quantitative estimate of drug-likeness (QED) is 0.579. The van der Waals surface area contributed by atoms with Crippen molar-refractivity contribution >= 4 is 23.5 Å². The lowest BCUT2D eigenvalue weighted by atomic mass is 10.0. The van der Waals surface area contributed by atoms with Crippen LogP contribution in [0.1, 0.15) is 13.8 Å². The number of methoxy groups -OCH3 is 1. The molecular weight excluding hydrogens is 388 g/mol. The molecule has 0 spiro atoms. The summed E-state index contributed by atoms with van der Waals surface area (Å²) in [5, 5.41) is 5.20. The van der Waals surface area contributed by atoms with E-state index in [9.17, 15) is 14.4 Å². The van der Waals surface area contributed by atoms with Crippen LogP contribution >= 0.6 is 0 Å². The first kappa shape index (κ1) is 22.7. The fourth-order valence-corrected chi connectivity index (χ4v) is 2.54. The minimum Gasteiger partial charge on any atom is -0.495 e. The summed E-state index contributed by atoms with van der Waals surface area (Å²) in [4.78, 5) is 36.6. The Morgan fingerprint density at radius 3 is 2.23 bits per heavy atom. The number of benzene rings is 2. The summed E-state index contributed by atoms with van der Waals surface area (Å²) in [6.45, 7) is 2.80. The molecule has 0 unspecified atom stereocenters. The molecule has 2 N–H and O–H groups in total. The number of ether oxygens (including phenoxy) is 3. The number of carbonyl (C=O) groups excluding carboxylic acids is 3. The molecule has 30 heavy (non-hydrogen) atoms. The average Bonchev–Trinajstić information content (AvgIpc) is 2.75. The molecule has 0 saturated heterocycles. The van der Waals surface area contributed by atoms with Gasteiger partial charge >= 0.3 is 5.97 Å². The second kappa shape index (κ2) is 11.5. The van der Waals surface area contributed by atoms with E-state index in [0.717, 1.165) is 0 Å². The van der Waals surface area contributed by atoms with Gasteiger partial charge in [0.1, 0.15) is 17.5 Å². The lowest BCUT2D eigenvalue weighted by Crippen LogP contribution is -2.47. The molecule has 0 fully saturated rings. The van der Waals surface area contributed by atoms with E-state index in [0.29, 0.717) is 17.2 Å². The van der Waals surface area contributed by atoms with Crippen LogP contribution in [0.25, 0.3) is 0 Å². The number of anilines is 1. The van der Waals surface area contributed by atoms with Gasteiger partial charge in [-0.2, -0.15) is 0 Å². The predicted molar refractivity (Wildman–Crippen MR) is 111 cm³/mol. The SMILES string of the molecule is COc1ccccc1NC(=O)COC(=O)[C@@H](NC(=O)COc1ccccc1)C(C)C. The molecule has 0 aliphatic carbocycles. The number of para-hydroxylation sites is 3. The van der Waals surface area contributed by atoms with Crippen LogP contribution in [0.3, 0.4) is 0 Å². The third-order valence-corrected chi connectivity index (χ3v) is 4.08. The molecule has 0 aliphatic rings. The zero-order chi connectivity index (χ0) is 21.9. The fourth-order valence-electron chi connectivity index (χ4n) is 2.54. The van der Waals surface area contributed by atoms with E-state index in [-0.39, 0.29) is 12.5 Å². The van der Waals surface area contributed by atoms with Gasteiger partial charge in [-0.05, 0) is 30.2 Å². The highest BCUT2D eigenvalue weighted by molar-refractivity contribution is 5.94. The molecule has 0 aromatic heterocycles. The van der Waals surface area contributed by atoms with Crippen molar-refractivity contribution in [1.29, 1.82) is 0 Å². The first-order chi connectivity index (χ1) is 14.4. The number of rotatable bonds is 10. The second-order valence-electron chi connectivity index (χ2n) is 6.75. The van der Waals surface area contributed by atoms with Crippen molar-refractivity contribution in [2.75, 3.05) is 25.6 Å². The van der Waals surface area contributed by atoms with Crippen molar-refractivity contribution in [2.24, 2.45) is 5.92 Å². The Kier molecular flexibility index (Phi) is 8.68. The summed E-state index contributed by atoms with van der Waals surface area (Å²) < 4.78 is 15.6. The van der Waals surface area contributed by atoms with Crippen molar-refractivity contribution in [3.05, 3.63) is 54.6 Å². The van der Waals surface area contributed by atoms with E-state index >= 15 is 0 Å². The van der Waals surface area contributed by atoms with Crippen LogP contribution < -0.4 is 20.1 Å². The molecule has 1 atom stereocenters. The van der Waals surface area contributed by atoms with E-state index in [1.807, 2.05) is 6.07 Å². The van der Waals surface area contributed by atoms with Gasteiger partial charge in [0.25, 0.3) is 11.8 Å². The van der Waals surface area contributed by atoms with Gasteiger partial charge in [-0.15, -0.1) is 0 Å². The summed E-state index contributed by atoms with van der Waals surface area (Å²) in [6.07, 6.45) is 0. The zero-order valence-electron chi connectivity index (χ0n) is 17.2. The Morgan fingerprint density at radius 1 is 0.900 bits per heavy atom. The highest BCUT2D eigenvalue weighted by Gasteiger charge is 2.26. The van der Waals surface area contributed by atoms with Crippen LogP contribution in [-0.4, -0.2) is 44.1 Å². The van der Waals surface area contributed by atoms with Gasteiger partial charge < -0.3 is 24.8 Å². The number of nitrogens with one attached hydrogen (secondary N) is 2. The van der Waals surface area contributed by atoms with Gasteiger partial charge in [0.2, 0.25) is 0 Å². The molecular formula is C22H26N2O6. The Morgan fingerprint density at radius 2 is 1.57 bits per heavy atom. The molecule has 0 bridgehead atoms. The van der Waals surface area contributed by atoms with E-state index in [1.54, 1.807) is 62.4 Å². The van der Waals surface area contributed by atoms with Crippen LogP contribution in [0.15, 0.2) is 54.6 Å². The first-order valence-electron chi connectivity index (χ1n) is 9.47. The van der Waals surface area contributed by atoms with Crippen LogP contribution in [0.4, 0.5) is 5.69 Å². The number of hydrogen-bond donors (Lipinski definition) is 2. The van der Waals surface area contributed by atoms with Crippen molar-refractivity contribution in [3.63, 3.8) is 0 Å². The minimum atomic E-state index is -0.907. The topological polar surface area (TPSA) is 103 Å². The molecule has 2 aromatic rings. The average molecular weight is 414 g/mol. The Bertz CT molecular complexity index is 854. The van der Waals surface area contributed by atoms with Crippen molar-refractivity contribution in [3.8, 4) is 11.5 Å². The summed E-state index contributed by atoms with van der Waals surface area (Å²) in [7, 11) is 1.49. The van der Waals surface area contributed by atoms with Gasteiger partial charge in [0.05, 0.1) is 12.8 Å². The highest BCUT2D eigenvalue weighted by Crippen LogP contribution is 2.22. The largest absolute Gasteiger partial charge is 0.495 e. The number of hydrogen-bond acceptors (Lipinski definition) is 6. The van der Waals surface area contributed by atoms with Crippen LogP contribution in [0.2, 0.25) is 0 Å². The van der Waals surface area contributed by atoms with Crippen LogP contribution in [0.5, 0.6) is 11.5 Å². The lowest BCUT2D eigenvalue weighted by molar-refractivity contribution is -0.152. The normalized spacial score (nSPS) is 11.3. The molecule has 0 saturated carbocycles. The van der Waals surface area contributed by atoms with Crippen molar-refractivity contribution < 1.29 is 28.6 Å². The Labute approximate surface area is 175 Å². The maximum Gasteiger partial charge on any atom is 0.329 e. The van der Waals surface area contributed by atoms with Gasteiger partial charge in [-0.25, -0.2) is 4.79 Å². The van der Waals surface area contributed by atoms with E-state index in [4.69, 9.17) is 14.2 Å². The smallest absolute Gasteiger partial charge is 0.329 e. The molecule has 2 rings (SSSR count). The van der Waals surface area contributed by atoms with Gasteiger partial charge in [0.15, 0.2) is 13.2 Å². The Hall–Kier alpha value is -3.55. The first-order valence-corrected chi connectivity index (χ1v) is 9.47. The highest BCUT2D eigenvalue weighted by atomic mass is 16.5. The van der Waals surface area contributed by atoms with Crippen molar-refractivity contribution in [1.82, 2.24) is 5.32 Å². The predicted octanol–water partition coefficient (Wildman–Crippen LogP) is 2.40. The summed E-state index contributed by atoms with van der Waals surface area (Å²) in [6, 6.07) is 14.8. The third-order valence-electron chi connectivity index (χ3n) is 4.08. The van der Waals surface area contributed by atoms with Crippen LogP contribution in [0, 0.1) is 5.92 Å². The fraction of sp³-hybridized carbons (Fsp3) is 0.318. The minimum absolute atomic E-state index is 0.240. The summed E-state index contributed by atoms with van der Waals surface area (Å²) >= 11 is 0. The monoisotopic (exact) mass is 414 g/mol. The van der Waals surface area contributed by atoms with Gasteiger partial charge in [0, 0.05) is 0 Å². The summed E-state index contributed by atoms with van der Waals surface area (Å²) in [5.41, 5.74) is 0.466. The lowest BCUT2D eigenvalue weighted by Gasteiger charge is -2.21. The second-order valence-corrected chi connectivity index (χ2v) is 6.75. The number of amides is 2. The van der Waals surface area contributed by atoms with E-state index in [1.165, 1.54) is 7.11 Å². The molecule has 8 nitrogen and oxygen atoms in total. The molecule has 160 valence electrons. The molecule has 0 heterocycles. The number of esters is 1. The molecule has 0 aliphatic heterocycles.